The van der Waals surface area contributed by atoms with Gasteiger partial charge < -0.3 is 19.1 Å². The Morgan fingerprint density at radius 2 is 1.92 bits per heavy atom. The zero-order valence-corrected chi connectivity index (χ0v) is 13.7. The third-order valence-electron chi connectivity index (χ3n) is 3.42. The highest BCUT2D eigenvalue weighted by molar-refractivity contribution is 7.81. The summed E-state index contributed by atoms with van der Waals surface area (Å²) in [5, 5.41) is 0.181. The molecule has 0 amide bonds. The van der Waals surface area contributed by atoms with E-state index in [-0.39, 0.29) is 22.1 Å². The van der Waals surface area contributed by atoms with Crippen molar-refractivity contribution in [3.63, 3.8) is 0 Å². The summed E-state index contributed by atoms with van der Waals surface area (Å²) in [5.41, 5.74) is 5.66. The van der Waals surface area contributed by atoms with Crippen LogP contribution in [0.4, 0.5) is 5.69 Å². The van der Waals surface area contributed by atoms with E-state index >= 15 is 0 Å². The molecule has 0 aliphatic carbocycles. The summed E-state index contributed by atoms with van der Waals surface area (Å²) < 4.78 is 46.2. The van der Waals surface area contributed by atoms with Crippen molar-refractivity contribution in [2.24, 2.45) is 0 Å². The molecule has 9 heteroatoms. The maximum Gasteiger partial charge on any atom is 0.449 e. The summed E-state index contributed by atoms with van der Waals surface area (Å²) in [6.07, 6.45) is 0. The Balaban J connectivity index is 2.38. The molecule has 0 aliphatic rings. The van der Waals surface area contributed by atoms with Crippen LogP contribution in [0.3, 0.4) is 0 Å². The Morgan fingerprint density at radius 3 is 2.56 bits per heavy atom. The van der Waals surface area contributed by atoms with Crippen molar-refractivity contribution in [2.75, 3.05) is 12.8 Å². The molecule has 1 heterocycles. The summed E-state index contributed by atoms with van der Waals surface area (Å²) in [6, 6.07) is 10.6. The molecule has 25 heavy (non-hydrogen) atoms. The van der Waals surface area contributed by atoms with Crippen molar-refractivity contribution < 1.29 is 26.3 Å². The van der Waals surface area contributed by atoms with Gasteiger partial charge >= 0.3 is 16.3 Å². The Bertz CT molecular complexity index is 1120. The minimum atomic E-state index is -4.91. The molecule has 3 aromatic rings. The van der Waals surface area contributed by atoms with Gasteiger partial charge in [-0.15, -0.1) is 0 Å². The molecular weight excluding hydrogens is 350 g/mol. The van der Waals surface area contributed by atoms with Crippen molar-refractivity contribution in [2.45, 2.75) is 0 Å². The fourth-order valence-electron chi connectivity index (χ4n) is 2.38. The van der Waals surface area contributed by atoms with E-state index in [0.29, 0.717) is 11.4 Å². The highest BCUT2D eigenvalue weighted by atomic mass is 32.3. The van der Waals surface area contributed by atoms with Crippen LogP contribution in [0.2, 0.25) is 0 Å². The van der Waals surface area contributed by atoms with Gasteiger partial charge in [0.25, 0.3) is 0 Å². The molecule has 130 valence electrons. The highest BCUT2D eigenvalue weighted by Crippen LogP contribution is 2.33. The number of fused-ring (bicyclic) bond motifs is 1. The van der Waals surface area contributed by atoms with Gasteiger partial charge in [0.05, 0.1) is 12.5 Å². The molecule has 3 rings (SSSR count). The normalized spacial score (nSPS) is 11.4. The number of ether oxygens (including phenoxy) is 1. The molecule has 1 aromatic heterocycles. The zero-order valence-electron chi connectivity index (χ0n) is 12.9. The van der Waals surface area contributed by atoms with Gasteiger partial charge in [0.15, 0.2) is 0 Å². The first-order chi connectivity index (χ1) is 11.8. The predicted octanol–water partition coefficient (Wildman–Crippen LogP) is 2.23. The number of nitrogens with two attached hydrogens (primary N) is 1. The Kier molecular flexibility index (Phi) is 4.11. The van der Waals surface area contributed by atoms with Gasteiger partial charge in [-0.05, 0) is 29.8 Å². The van der Waals surface area contributed by atoms with E-state index in [1.165, 1.54) is 31.4 Å². The van der Waals surface area contributed by atoms with Crippen molar-refractivity contribution in [3.8, 4) is 22.8 Å². The number of rotatable bonds is 4. The van der Waals surface area contributed by atoms with Crippen LogP contribution in [0.15, 0.2) is 51.7 Å². The quantitative estimate of drug-likeness (QED) is 0.533. The maximum atomic E-state index is 12.8. The van der Waals surface area contributed by atoms with Gasteiger partial charge in [0, 0.05) is 11.8 Å². The molecule has 0 saturated heterocycles. The van der Waals surface area contributed by atoms with Crippen LogP contribution in [0.25, 0.3) is 22.1 Å². The molecule has 0 aliphatic heterocycles. The zero-order chi connectivity index (χ0) is 18.2. The van der Waals surface area contributed by atoms with Gasteiger partial charge in [-0.25, -0.2) is 0 Å². The van der Waals surface area contributed by atoms with Crippen LogP contribution >= 0.6 is 0 Å². The maximum absolute atomic E-state index is 12.8. The number of anilines is 1. The van der Waals surface area contributed by atoms with Gasteiger partial charge in [0.1, 0.15) is 16.9 Å². The van der Waals surface area contributed by atoms with Gasteiger partial charge in [0.2, 0.25) is 5.43 Å². The molecule has 0 radical (unpaired) electrons. The minimum Gasteiger partial charge on any atom is -0.497 e. The number of hydrogen-bond acceptors (Lipinski definition) is 7. The average molecular weight is 363 g/mol. The number of hydrogen-bond donors (Lipinski definition) is 2. The van der Waals surface area contributed by atoms with E-state index in [1.807, 2.05) is 0 Å². The number of nitrogen functional groups attached to an aromatic ring is 1. The summed E-state index contributed by atoms with van der Waals surface area (Å²) in [7, 11) is -3.49. The first-order valence-corrected chi connectivity index (χ1v) is 8.32. The lowest BCUT2D eigenvalue weighted by atomic mass is 10.0. The molecule has 8 nitrogen and oxygen atoms in total. The first kappa shape index (κ1) is 16.8. The summed E-state index contributed by atoms with van der Waals surface area (Å²) >= 11 is 0. The van der Waals surface area contributed by atoms with E-state index in [1.54, 1.807) is 18.2 Å². The molecule has 2 aromatic carbocycles. The Hall–Kier alpha value is -3.04. The fraction of sp³-hybridized carbons (Fsp3) is 0.0625. The number of methoxy groups -OCH3 is 1. The Labute approximate surface area is 142 Å². The lowest BCUT2D eigenvalue weighted by molar-refractivity contribution is 0.338. The van der Waals surface area contributed by atoms with Crippen LogP contribution in [0.1, 0.15) is 0 Å². The second kappa shape index (κ2) is 6.11. The second-order valence-corrected chi connectivity index (χ2v) is 6.11. The van der Waals surface area contributed by atoms with Crippen LogP contribution < -0.4 is 20.1 Å². The monoisotopic (exact) mass is 363 g/mol. The van der Waals surface area contributed by atoms with Gasteiger partial charge in [-0.3, -0.25) is 9.35 Å². The van der Waals surface area contributed by atoms with E-state index in [2.05, 4.69) is 4.18 Å². The van der Waals surface area contributed by atoms with Crippen molar-refractivity contribution in [3.05, 3.63) is 52.7 Å². The predicted molar refractivity (Wildman–Crippen MR) is 91.1 cm³/mol. The molecule has 0 atom stereocenters. The van der Waals surface area contributed by atoms with E-state index < -0.39 is 21.8 Å². The van der Waals surface area contributed by atoms with Crippen LogP contribution in [0, 0.1) is 0 Å². The summed E-state index contributed by atoms with van der Waals surface area (Å²) in [5.74, 6) is -0.274. The van der Waals surface area contributed by atoms with Crippen molar-refractivity contribution in [1.82, 2.24) is 0 Å². The highest BCUT2D eigenvalue weighted by Gasteiger charge is 2.22. The lowest BCUT2D eigenvalue weighted by Crippen LogP contribution is -2.13. The van der Waals surface area contributed by atoms with Crippen molar-refractivity contribution in [1.29, 1.82) is 0 Å². The van der Waals surface area contributed by atoms with Crippen LogP contribution in [0.5, 0.6) is 11.7 Å². The summed E-state index contributed by atoms with van der Waals surface area (Å²) in [4.78, 5) is 12.8. The minimum absolute atomic E-state index is 0.0376. The molecule has 0 unspecified atom stereocenters. The third-order valence-corrected chi connectivity index (χ3v) is 3.79. The van der Waals surface area contributed by atoms with E-state index in [9.17, 15) is 13.2 Å². The lowest BCUT2D eigenvalue weighted by Gasteiger charge is -2.10. The van der Waals surface area contributed by atoms with E-state index in [0.717, 1.165) is 0 Å². The molecule has 0 spiro atoms. The smallest absolute Gasteiger partial charge is 0.449 e. The topological polar surface area (TPSA) is 129 Å². The first-order valence-electron chi connectivity index (χ1n) is 6.96. The molecule has 0 saturated carbocycles. The van der Waals surface area contributed by atoms with Crippen molar-refractivity contribution >= 4 is 27.1 Å². The SMILES string of the molecule is COc1ccc2c(=O)c(-c3cccc(N)c3)c(OS(=O)(=O)O)oc2c1. The Morgan fingerprint density at radius 1 is 1.16 bits per heavy atom. The van der Waals surface area contributed by atoms with Crippen LogP contribution in [-0.4, -0.2) is 20.1 Å². The largest absolute Gasteiger partial charge is 0.497 e. The molecule has 0 bridgehead atoms. The molecule has 3 N–H and O–H groups in total. The molecular formula is C16H13NO7S. The average Bonchev–Trinajstić information content (AvgIpc) is 2.53. The second-order valence-electron chi connectivity index (χ2n) is 5.09. The number of benzene rings is 2. The third kappa shape index (κ3) is 3.42. The van der Waals surface area contributed by atoms with Gasteiger partial charge in [-0.1, -0.05) is 12.1 Å². The summed E-state index contributed by atoms with van der Waals surface area (Å²) in [6.45, 7) is 0. The standard InChI is InChI=1S/C16H13NO7S/c1-22-11-5-6-12-13(8-11)23-16(24-25(19,20)21)14(15(12)18)9-3-2-4-10(17)7-9/h2-8H,17H2,1H3,(H,19,20,21). The van der Waals surface area contributed by atoms with Gasteiger partial charge in [-0.2, -0.15) is 8.42 Å². The fourth-order valence-corrected chi connectivity index (χ4v) is 2.69. The van der Waals surface area contributed by atoms with Crippen LogP contribution in [-0.2, 0) is 10.4 Å². The van der Waals surface area contributed by atoms with E-state index in [4.69, 9.17) is 19.4 Å². The molecule has 0 fully saturated rings.